The number of para-hydroxylation sites is 1. The molecule has 4 rings (SSSR count). The highest BCUT2D eigenvalue weighted by molar-refractivity contribution is 6.02. The number of benzene rings is 2. The second-order valence-corrected chi connectivity index (χ2v) is 7.42. The largest absolute Gasteiger partial charge is 0.481 e. The third kappa shape index (κ3) is 3.74. The van der Waals surface area contributed by atoms with Gasteiger partial charge in [0.15, 0.2) is 0 Å². The van der Waals surface area contributed by atoms with E-state index in [-0.39, 0.29) is 5.92 Å². The molecule has 0 amide bonds. The van der Waals surface area contributed by atoms with Crippen LogP contribution in [0.25, 0.3) is 0 Å². The summed E-state index contributed by atoms with van der Waals surface area (Å²) in [7, 11) is 0. The monoisotopic (exact) mass is 363 g/mol. The van der Waals surface area contributed by atoms with Gasteiger partial charge in [0.05, 0.1) is 11.6 Å². The minimum Gasteiger partial charge on any atom is -0.481 e. The number of hydrogen-bond acceptors (Lipinski definition) is 4. The van der Waals surface area contributed by atoms with Crippen LogP contribution in [-0.2, 0) is 11.2 Å². The number of carbonyl (C=O) groups is 1. The highest BCUT2D eigenvalue weighted by Crippen LogP contribution is 2.29. The predicted octanol–water partition coefficient (Wildman–Crippen LogP) is 3.01. The van der Waals surface area contributed by atoms with Crippen LogP contribution < -0.4 is 0 Å². The van der Waals surface area contributed by atoms with Crippen LogP contribution in [0.4, 0.5) is 5.69 Å². The van der Waals surface area contributed by atoms with E-state index >= 15 is 0 Å². The molecule has 2 heterocycles. The van der Waals surface area contributed by atoms with Crippen molar-refractivity contribution < 1.29 is 9.90 Å². The van der Waals surface area contributed by atoms with Gasteiger partial charge in [-0.25, -0.2) is 4.99 Å². The minimum atomic E-state index is -0.726. The highest BCUT2D eigenvalue weighted by atomic mass is 16.4. The first kappa shape index (κ1) is 17.7. The second kappa shape index (κ2) is 7.53. The molecule has 2 aliphatic rings. The smallest absolute Gasteiger partial charge is 0.307 e. The van der Waals surface area contributed by atoms with Gasteiger partial charge in [-0.3, -0.25) is 9.69 Å². The van der Waals surface area contributed by atoms with Crippen LogP contribution in [0.3, 0.4) is 0 Å². The molecule has 1 N–H and O–H groups in total. The Morgan fingerprint density at radius 1 is 1.04 bits per heavy atom. The van der Waals surface area contributed by atoms with Gasteiger partial charge in [-0.05, 0) is 17.2 Å². The maximum absolute atomic E-state index is 11.1. The molecule has 5 nitrogen and oxygen atoms in total. The number of aliphatic carboxylic acids is 1. The number of carboxylic acids is 1. The van der Waals surface area contributed by atoms with Crippen molar-refractivity contribution in [2.75, 3.05) is 32.7 Å². The van der Waals surface area contributed by atoms with Gasteiger partial charge in [-0.1, -0.05) is 49.4 Å². The predicted molar refractivity (Wildman–Crippen MR) is 107 cm³/mol. The third-order valence-electron chi connectivity index (χ3n) is 5.48. The molecule has 1 saturated heterocycles. The summed E-state index contributed by atoms with van der Waals surface area (Å²) in [5.41, 5.74) is 4.82. The fourth-order valence-electron chi connectivity index (χ4n) is 3.89. The molecule has 1 unspecified atom stereocenters. The average molecular weight is 363 g/mol. The van der Waals surface area contributed by atoms with Crippen molar-refractivity contribution in [1.29, 1.82) is 0 Å². The van der Waals surface area contributed by atoms with Crippen LogP contribution in [0.15, 0.2) is 53.5 Å². The fourth-order valence-corrected chi connectivity index (χ4v) is 3.89. The first-order chi connectivity index (χ1) is 13.1. The summed E-state index contributed by atoms with van der Waals surface area (Å²) in [6, 6.07) is 16.9. The Hall–Kier alpha value is -2.66. The van der Waals surface area contributed by atoms with E-state index in [9.17, 15) is 4.79 Å². The molecule has 2 aliphatic heterocycles. The summed E-state index contributed by atoms with van der Waals surface area (Å²) in [4.78, 5) is 20.8. The molecule has 0 spiro atoms. The van der Waals surface area contributed by atoms with Crippen molar-refractivity contribution in [3.8, 4) is 0 Å². The van der Waals surface area contributed by atoms with Crippen molar-refractivity contribution in [2.24, 2.45) is 10.9 Å². The summed E-state index contributed by atoms with van der Waals surface area (Å²) < 4.78 is 0. The third-order valence-corrected chi connectivity index (χ3v) is 5.48. The second-order valence-electron chi connectivity index (χ2n) is 7.42. The molecular weight excluding hydrogens is 338 g/mol. The number of fused-ring (bicyclic) bond motifs is 2. The van der Waals surface area contributed by atoms with Crippen molar-refractivity contribution in [3.05, 3.63) is 65.2 Å². The molecule has 2 aromatic carbocycles. The average Bonchev–Trinajstić information content (AvgIpc) is 2.85. The molecule has 0 bridgehead atoms. The molecule has 1 fully saturated rings. The quantitative estimate of drug-likeness (QED) is 0.911. The topological polar surface area (TPSA) is 56.1 Å². The van der Waals surface area contributed by atoms with Crippen LogP contribution in [0.1, 0.15) is 23.6 Å². The van der Waals surface area contributed by atoms with Crippen LogP contribution in [0.5, 0.6) is 0 Å². The van der Waals surface area contributed by atoms with Gasteiger partial charge >= 0.3 is 5.97 Å². The number of rotatable bonds is 3. The number of piperazine rings is 1. The molecule has 0 saturated carbocycles. The molecule has 0 aromatic heterocycles. The van der Waals surface area contributed by atoms with E-state index in [2.05, 4.69) is 52.3 Å². The van der Waals surface area contributed by atoms with Gasteiger partial charge in [0.25, 0.3) is 0 Å². The minimum absolute atomic E-state index is 0.334. The maximum Gasteiger partial charge on any atom is 0.307 e. The number of carboxylic acid groups (broad SMARTS) is 1. The Balaban J connectivity index is 1.58. The summed E-state index contributed by atoms with van der Waals surface area (Å²) >= 11 is 0. The van der Waals surface area contributed by atoms with Gasteiger partial charge in [-0.15, -0.1) is 0 Å². The van der Waals surface area contributed by atoms with E-state index in [0.717, 1.165) is 44.1 Å². The molecule has 0 aliphatic carbocycles. The summed E-state index contributed by atoms with van der Waals surface area (Å²) in [6.45, 7) is 5.83. The zero-order valence-corrected chi connectivity index (χ0v) is 15.6. The normalized spacial score (nSPS) is 18.1. The molecule has 0 radical (unpaired) electrons. The SMILES string of the molecule is CC(CN1CCN(C2=Nc3ccccc3Cc3ccccc32)CC1)C(=O)O. The zero-order valence-electron chi connectivity index (χ0n) is 15.6. The lowest BCUT2D eigenvalue weighted by Crippen LogP contribution is -2.50. The number of nitrogens with zero attached hydrogens (tertiary/aromatic N) is 3. The van der Waals surface area contributed by atoms with Crippen molar-refractivity contribution >= 4 is 17.5 Å². The first-order valence-electron chi connectivity index (χ1n) is 9.57. The zero-order chi connectivity index (χ0) is 18.8. The number of aliphatic imine (C=N–C) groups is 1. The van der Waals surface area contributed by atoms with Gasteiger partial charge in [0.1, 0.15) is 5.84 Å². The molecule has 27 heavy (non-hydrogen) atoms. The lowest BCUT2D eigenvalue weighted by Gasteiger charge is -2.37. The van der Waals surface area contributed by atoms with Crippen LogP contribution >= 0.6 is 0 Å². The Morgan fingerprint density at radius 3 is 2.44 bits per heavy atom. The number of hydrogen-bond donors (Lipinski definition) is 1. The van der Waals surface area contributed by atoms with E-state index in [1.165, 1.54) is 16.7 Å². The summed E-state index contributed by atoms with van der Waals surface area (Å²) in [6.07, 6.45) is 0.898. The van der Waals surface area contributed by atoms with E-state index in [0.29, 0.717) is 6.54 Å². The van der Waals surface area contributed by atoms with Gasteiger partial charge < -0.3 is 10.0 Å². The van der Waals surface area contributed by atoms with Gasteiger partial charge in [0, 0.05) is 44.7 Å². The first-order valence-corrected chi connectivity index (χ1v) is 9.57. The molecule has 2 aromatic rings. The Kier molecular flexibility index (Phi) is 4.94. The lowest BCUT2D eigenvalue weighted by atomic mass is 9.99. The van der Waals surface area contributed by atoms with Gasteiger partial charge in [-0.2, -0.15) is 0 Å². The van der Waals surface area contributed by atoms with E-state index in [1.807, 2.05) is 6.07 Å². The van der Waals surface area contributed by atoms with Crippen molar-refractivity contribution in [2.45, 2.75) is 13.3 Å². The highest BCUT2D eigenvalue weighted by Gasteiger charge is 2.26. The Morgan fingerprint density at radius 2 is 1.70 bits per heavy atom. The molecular formula is C22H25N3O2. The Labute approximate surface area is 159 Å². The van der Waals surface area contributed by atoms with Crippen molar-refractivity contribution in [3.63, 3.8) is 0 Å². The van der Waals surface area contributed by atoms with Crippen LogP contribution in [0, 0.1) is 5.92 Å². The van der Waals surface area contributed by atoms with Gasteiger partial charge in [0.2, 0.25) is 0 Å². The fraction of sp³-hybridized carbons (Fsp3) is 0.364. The number of amidine groups is 1. The summed E-state index contributed by atoms with van der Waals surface area (Å²) in [5, 5.41) is 9.15. The van der Waals surface area contributed by atoms with E-state index in [4.69, 9.17) is 10.1 Å². The Bertz CT molecular complexity index is 869. The summed E-state index contributed by atoms with van der Waals surface area (Å²) in [5.74, 6) is -0.0167. The van der Waals surface area contributed by atoms with Crippen LogP contribution in [0.2, 0.25) is 0 Å². The molecule has 1 atom stereocenters. The lowest BCUT2D eigenvalue weighted by molar-refractivity contribution is -0.141. The molecule has 5 heteroatoms. The van der Waals surface area contributed by atoms with Crippen LogP contribution in [-0.4, -0.2) is 59.4 Å². The van der Waals surface area contributed by atoms with E-state index < -0.39 is 5.97 Å². The maximum atomic E-state index is 11.1. The standard InChI is InChI=1S/C22H25N3O2/c1-16(22(26)27)15-24-10-12-25(13-11-24)21-19-8-4-2-6-17(19)14-18-7-3-5-9-20(18)23-21/h2-9,16H,10-15H2,1H3,(H,26,27). The van der Waals surface area contributed by atoms with Crippen molar-refractivity contribution in [1.82, 2.24) is 9.80 Å². The van der Waals surface area contributed by atoms with E-state index in [1.54, 1.807) is 6.92 Å². The molecule has 140 valence electrons.